The molecule has 21 heavy (non-hydrogen) atoms. The van der Waals surface area contributed by atoms with E-state index in [1.54, 1.807) is 14.0 Å². The summed E-state index contributed by atoms with van der Waals surface area (Å²) in [5, 5.41) is 12.2. The lowest BCUT2D eigenvalue weighted by Gasteiger charge is -2.35. The van der Waals surface area contributed by atoms with E-state index in [0.29, 0.717) is 6.42 Å². The fourth-order valence-corrected chi connectivity index (χ4v) is 3.44. The number of hydrogen-bond donors (Lipinski definition) is 2. The molecule has 2 saturated heterocycles. The molecule has 0 amide bonds. The largest absolute Gasteiger partial charge is 0.480 e. The van der Waals surface area contributed by atoms with Gasteiger partial charge in [0, 0.05) is 13.1 Å². The summed E-state index contributed by atoms with van der Waals surface area (Å²) >= 11 is 0. The molecule has 2 heterocycles. The zero-order valence-corrected chi connectivity index (χ0v) is 13.6. The number of piperidine rings is 1. The number of carbonyl (C=O) groups is 1. The molecule has 122 valence electrons. The van der Waals surface area contributed by atoms with E-state index in [2.05, 4.69) is 15.1 Å². The maximum Gasteiger partial charge on any atom is 0.323 e. The lowest BCUT2D eigenvalue weighted by atomic mass is 9.94. The van der Waals surface area contributed by atoms with E-state index in [1.807, 2.05) is 0 Å². The molecule has 0 aromatic rings. The topological polar surface area (TPSA) is 55.8 Å². The summed E-state index contributed by atoms with van der Waals surface area (Å²) in [6.07, 6.45) is 5.93. The van der Waals surface area contributed by atoms with Crippen LogP contribution in [0.3, 0.4) is 0 Å². The predicted octanol–water partition coefficient (Wildman–Crippen LogP) is 1.25. The van der Waals surface area contributed by atoms with Crippen molar-refractivity contribution in [2.45, 2.75) is 44.6 Å². The Bertz CT molecular complexity index is 336. The summed E-state index contributed by atoms with van der Waals surface area (Å²) in [5.41, 5.74) is -0.799. The van der Waals surface area contributed by atoms with E-state index in [-0.39, 0.29) is 0 Å². The maximum absolute atomic E-state index is 11.3. The van der Waals surface area contributed by atoms with E-state index < -0.39 is 11.5 Å². The number of carboxylic acid groups (broad SMARTS) is 1. The van der Waals surface area contributed by atoms with Gasteiger partial charge in [-0.1, -0.05) is 0 Å². The summed E-state index contributed by atoms with van der Waals surface area (Å²) in [5.74, 6) is 0.0865. The number of likely N-dealkylation sites (tertiary alicyclic amines) is 2. The summed E-state index contributed by atoms with van der Waals surface area (Å²) in [6, 6.07) is 0. The second kappa shape index (κ2) is 7.56. The van der Waals surface area contributed by atoms with Crippen molar-refractivity contribution in [2.75, 3.05) is 46.3 Å². The van der Waals surface area contributed by atoms with Crippen molar-refractivity contribution in [3.8, 4) is 0 Å². The number of hydrogen-bond acceptors (Lipinski definition) is 4. The van der Waals surface area contributed by atoms with Gasteiger partial charge in [0.05, 0.1) is 0 Å². The third kappa shape index (κ3) is 4.66. The van der Waals surface area contributed by atoms with Crippen molar-refractivity contribution in [1.82, 2.24) is 15.1 Å². The lowest BCUT2D eigenvalue weighted by Crippen LogP contribution is -2.50. The van der Waals surface area contributed by atoms with Crippen molar-refractivity contribution in [2.24, 2.45) is 5.92 Å². The van der Waals surface area contributed by atoms with Gasteiger partial charge in [-0.05, 0) is 78.2 Å². The van der Waals surface area contributed by atoms with Gasteiger partial charge in [-0.2, -0.15) is 0 Å². The Labute approximate surface area is 128 Å². The average molecular weight is 297 g/mol. The number of aliphatic carboxylic acids is 1. The quantitative estimate of drug-likeness (QED) is 0.741. The van der Waals surface area contributed by atoms with Crippen LogP contribution in [-0.4, -0.2) is 72.7 Å². The monoisotopic (exact) mass is 297 g/mol. The molecule has 2 N–H and O–H groups in total. The molecule has 0 aromatic heterocycles. The zero-order valence-electron chi connectivity index (χ0n) is 13.6. The first-order chi connectivity index (χ1) is 10.0. The minimum Gasteiger partial charge on any atom is -0.480 e. The number of rotatable bonds is 7. The van der Waals surface area contributed by atoms with Gasteiger partial charge in [0.15, 0.2) is 0 Å². The first-order valence-corrected chi connectivity index (χ1v) is 8.40. The van der Waals surface area contributed by atoms with Gasteiger partial charge < -0.3 is 20.2 Å². The van der Waals surface area contributed by atoms with Gasteiger partial charge >= 0.3 is 5.97 Å². The molecule has 5 nitrogen and oxygen atoms in total. The SMILES string of the molecule is CNC(C)(CCN1CCC(CN2CCCC2)CC1)C(=O)O. The molecule has 0 aliphatic carbocycles. The molecule has 2 fully saturated rings. The minimum absolute atomic E-state index is 0.662. The molecule has 1 unspecified atom stereocenters. The Hall–Kier alpha value is -0.650. The summed E-state index contributed by atoms with van der Waals surface area (Å²) in [6.45, 7) is 8.75. The molecule has 0 bridgehead atoms. The van der Waals surface area contributed by atoms with Gasteiger partial charge in [-0.3, -0.25) is 4.79 Å². The average Bonchev–Trinajstić information content (AvgIpc) is 2.99. The smallest absolute Gasteiger partial charge is 0.323 e. The van der Waals surface area contributed by atoms with Crippen LogP contribution in [0, 0.1) is 5.92 Å². The number of nitrogens with one attached hydrogen (secondary N) is 1. The molecular formula is C16H31N3O2. The molecule has 0 radical (unpaired) electrons. The molecule has 1 atom stereocenters. The van der Waals surface area contributed by atoms with Crippen molar-refractivity contribution >= 4 is 5.97 Å². The first kappa shape index (κ1) is 16.7. The maximum atomic E-state index is 11.3. The molecule has 5 heteroatoms. The summed E-state index contributed by atoms with van der Waals surface area (Å²) in [7, 11) is 1.73. The highest BCUT2D eigenvalue weighted by molar-refractivity contribution is 5.78. The Balaban J connectivity index is 1.67. The lowest BCUT2D eigenvalue weighted by molar-refractivity contribution is -0.144. The second-order valence-electron chi connectivity index (χ2n) is 6.93. The summed E-state index contributed by atoms with van der Waals surface area (Å²) in [4.78, 5) is 16.3. The molecule has 0 spiro atoms. The van der Waals surface area contributed by atoms with Gasteiger partial charge in [0.25, 0.3) is 0 Å². The van der Waals surface area contributed by atoms with E-state index in [4.69, 9.17) is 0 Å². The molecule has 2 aliphatic rings. The normalized spacial score (nSPS) is 25.0. The fraction of sp³-hybridized carbons (Fsp3) is 0.938. The Kier molecular flexibility index (Phi) is 6.02. The van der Waals surface area contributed by atoms with Crippen LogP contribution in [0.5, 0.6) is 0 Å². The van der Waals surface area contributed by atoms with Crippen molar-refractivity contribution in [1.29, 1.82) is 0 Å². The van der Waals surface area contributed by atoms with Crippen LogP contribution >= 0.6 is 0 Å². The van der Waals surface area contributed by atoms with Crippen molar-refractivity contribution in [3.05, 3.63) is 0 Å². The van der Waals surface area contributed by atoms with Gasteiger partial charge in [-0.15, -0.1) is 0 Å². The molecular weight excluding hydrogens is 266 g/mol. The fourth-order valence-electron chi connectivity index (χ4n) is 3.44. The Morgan fingerprint density at radius 3 is 2.33 bits per heavy atom. The standard InChI is InChI=1S/C16H31N3O2/c1-16(17-2,15(20)21)7-12-18-10-5-14(6-11-18)13-19-8-3-4-9-19/h14,17H,3-13H2,1-2H3,(H,20,21). The van der Waals surface area contributed by atoms with Crippen LogP contribution in [-0.2, 0) is 4.79 Å². The highest BCUT2D eigenvalue weighted by atomic mass is 16.4. The number of nitrogens with zero attached hydrogens (tertiary/aromatic N) is 2. The molecule has 2 rings (SSSR count). The van der Waals surface area contributed by atoms with Gasteiger partial charge in [0.1, 0.15) is 5.54 Å². The van der Waals surface area contributed by atoms with Crippen molar-refractivity contribution in [3.63, 3.8) is 0 Å². The number of likely N-dealkylation sites (N-methyl/N-ethyl adjacent to an activating group) is 1. The van der Waals surface area contributed by atoms with Crippen LogP contribution < -0.4 is 5.32 Å². The molecule has 2 aliphatic heterocycles. The first-order valence-electron chi connectivity index (χ1n) is 8.40. The van der Waals surface area contributed by atoms with Gasteiger partial charge in [0.2, 0.25) is 0 Å². The zero-order chi connectivity index (χ0) is 15.3. The summed E-state index contributed by atoms with van der Waals surface area (Å²) < 4.78 is 0. The predicted molar refractivity (Wildman–Crippen MR) is 84.6 cm³/mol. The van der Waals surface area contributed by atoms with E-state index in [1.165, 1.54) is 45.3 Å². The van der Waals surface area contributed by atoms with E-state index in [0.717, 1.165) is 25.6 Å². The van der Waals surface area contributed by atoms with Crippen LogP contribution in [0.1, 0.15) is 39.0 Å². The van der Waals surface area contributed by atoms with Crippen molar-refractivity contribution < 1.29 is 9.90 Å². The van der Waals surface area contributed by atoms with Crippen LogP contribution in [0.25, 0.3) is 0 Å². The van der Waals surface area contributed by atoms with Gasteiger partial charge in [-0.25, -0.2) is 0 Å². The molecule has 0 aromatic carbocycles. The van der Waals surface area contributed by atoms with E-state index in [9.17, 15) is 9.90 Å². The second-order valence-corrected chi connectivity index (χ2v) is 6.93. The third-order valence-electron chi connectivity index (χ3n) is 5.37. The van der Waals surface area contributed by atoms with E-state index >= 15 is 0 Å². The Morgan fingerprint density at radius 2 is 1.81 bits per heavy atom. The van der Waals surface area contributed by atoms with Crippen LogP contribution in [0.4, 0.5) is 0 Å². The van der Waals surface area contributed by atoms with Crippen LogP contribution in [0.2, 0.25) is 0 Å². The minimum atomic E-state index is -0.799. The highest BCUT2D eigenvalue weighted by Crippen LogP contribution is 2.21. The molecule has 0 saturated carbocycles. The Morgan fingerprint density at radius 1 is 1.19 bits per heavy atom. The third-order valence-corrected chi connectivity index (χ3v) is 5.37. The highest BCUT2D eigenvalue weighted by Gasteiger charge is 2.32. The van der Waals surface area contributed by atoms with Crippen LogP contribution in [0.15, 0.2) is 0 Å². The number of carboxylic acids is 1.